The minimum Gasteiger partial charge on any atom is -0.265 e. The lowest BCUT2D eigenvalue weighted by atomic mass is 10.1. The highest BCUT2D eigenvalue weighted by atomic mass is 19.2. The Morgan fingerprint density at radius 2 is 1.86 bits per heavy atom. The van der Waals surface area contributed by atoms with Gasteiger partial charge in [-0.1, -0.05) is 6.07 Å². The predicted molar refractivity (Wildman–Crippen MR) is 41.9 cm³/mol. The fraction of sp³-hybridized carbons (Fsp3) is 0.250. The van der Waals surface area contributed by atoms with Gasteiger partial charge in [-0.3, -0.25) is 10.1 Å². The van der Waals surface area contributed by atoms with Crippen molar-refractivity contribution in [2.75, 3.05) is 6.54 Å². The molecule has 6 heteroatoms. The summed E-state index contributed by atoms with van der Waals surface area (Å²) in [4.78, 5) is 9.30. The smallest absolute Gasteiger partial charge is 0.208 e. The van der Waals surface area contributed by atoms with E-state index in [0.29, 0.717) is 0 Å². The molecule has 0 fully saturated rings. The zero-order chi connectivity index (χ0) is 10.7. The molecule has 0 radical (unpaired) electrons. The quantitative estimate of drug-likeness (QED) is 0.429. The van der Waals surface area contributed by atoms with E-state index in [1.165, 1.54) is 0 Å². The highest BCUT2D eigenvalue weighted by molar-refractivity contribution is 5.20. The second-order valence-corrected chi connectivity index (χ2v) is 2.64. The molecule has 0 saturated carbocycles. The van der Waals surface area contributed by atoms with Crippen LogP contribution in [0.2, 0.25) is 0 Å². The number of halogens is 3. The van der Waals surface area contributed by atoms with E-state index in [1.54, 1.807) is 0 Å². The van der Waals surface area contributed by atoms with Crippen LogP contribution in [0.3, 0.4) is 0 Å². The molecule has 0 saturated heterocycles. The van der Waals surface area contributed by atoms with E-state index in [-0.39, 0.29) is 12.0 Å². The third-order valence-corrected chi connectivity index (χ3v) is 1.68. The summed E-state index contributed by atoms with van der Waals surface area (Å²) in [6.45, 7) is -0.512. The number of rotatable bonds is 3. The van der Waals surface area contributed by atoms with Crippen molar-refractivity contribution in [2.24, 2.45) is 0 Å². The Balaban J connectivity index is 2.88. The molecular weight excluding hydrogens is 199 g/mol. The van der Waals surface area contributed by atoms with Crippen LogP contribution in [0.4, 0.5) is 13.2 Å². The van der Waals surface area contributed by atoms with Crippen LogP contribution < -0.4 is 0 Å². The minimum atomic E-state index is -1.59. The van der Waals surface area contributed by atoms with E-state index in [1.807, 2.05) is 0 Å². The van der Waals surface area contributed by atoms with Gasteiger partial charge in [-0.2, -0.15) is 0 Å². The number of nitrogens with zero attached hydrogens (tertiary/aromatic N) is 1. The van der Waals surface area contributed by atoms with E-state index in [4.69, 9.17) is 0 Å². The first-order valence-corrected chi connectivity index (χ1v) is 3.76. The van der Waals surface area contributed by atoms with E-state index in [9.17, 15) is 23.3 Å². The van der Waals surface area contributed by atoms with E-state index < -0.39 is 28.9 Å². The van der Waals surface area contributed by atoms with Gasteiger partial charge in [-0.05, 0) is 11.6 Å². The van der Waals surface area contributed by atoms with E-state index in [0.717, 1.165) is 12.1 Å². The Labute approximate surface area is 77.3 Å². The monoisotopic (exact) mass is 205 g/mol. The first-order chi connectivity index (χ1) is 6.52. The van der Waals surface area contributed by atoms with Crippen molar-refractivity contribution in [3.8, 4) is 0 Å². The molecule has 3 nitrogen and oxygen atoms in total. The van der Waals surface area contributed by atoms with Crippen molar-refractivity contribution >= 4 is 0 Å². The average Bonchev–Trinajstić information content (AvgIpc) is 2.13. The molecule has 0 aliphatic carbocycles. The summed E-state index contributed by atoms with van der Waals surface area (Å²) in [6, 6.07) is 1.74. The van der Waals surface area contributed by atoms with Crippen LogP contribution in [0, 0.1) is 27.6 Å². The molecule has 0 aliphatic rings. The standard InChI is InChI=1S/C8H6F3NO2/c9-6-2-1-5(3-4-12(13)14)7(10)8(6)11/h1-2H,3-4H2. The molecule has 76 valence electrons. The SMILES string of the molecule is O=[N+]([O-])CCc1ccc(F)c(F)c1F. The maximum absolute atomic E-state index is 12.9. The zero-order valence-electron chi connectivity index (χ0n) is 6.97. The Kier molecular flexibility index (Phi) is 3.06. The van der Waals surface area contributed by atoms with Crippen molar-refractivity contribution in [3.63, 3.8) is 0 Å². The summed E-state index contributed by atoms with van der Waals surface area (Å²) < 4.78 is 37.9. The van der Waals surface area contributed by atoms with Gasteiger partial charge in [-0.25, -0.2) is 13.2 Å². The van der Waals surface area contributed by atoms with Crippen LogP contribution in [0.25, 0.3) is 0 Å². The maximum Gasteiger partial charge on any atom is 0.208 e. The van der Waals surface area contributed by atoms with E-state index >= 15 is 0 Å². The predicted octanol–water partition coefficient (Wildman–Crippen LogP) is 1.92. The topological polar surface area (TPSA) is 43.1 Å². The Morgan fingerprint density at radius 1 is 1.21 bits per heavy atom. The molecule has 0 atom stereocenters. The van der Waals surface area contributed by atoms with Gasteiger partial charge in [0.1, 0.15) is 0 Å². The normalized spacial score (nSPS) is 10.2. The van der Waals surface area contributed by atoms with Gasteiger partial charge in [0.15, 0.2) is 17.5 Å². The molecule has 0 aromatic heterocycles. The molecule has 0 bridgehead atoms. The van der Waals surface area contributed by atoms with Gasteiger partial charge in [0.25, 0.3) is 0 Å². The molecule has 1 rings (SSSR count). The third-order valence-electron chi connectivity index (χ3n) is 1.68. The molecule has 0 N–H and O–H groups in total. The molecule has 14 heavy (non-hydrogen) atoms. The number of benzene rings is 1. The van der Waals surface area contributed by atoms with Gasteiger partial charge in [0, 0.05) is 11.3 Å². The maximum atomic E-state index is 12.9. The largest absolute Gasteiger partial charge is 0.265 e. The van der Waals surface area contributed by atoms with Crippen LogP contribution in [-0.2, 0) is 6.42 Å². The molecule has 0 unspecified atom stereocenters. The number of hydrogen-bond donors (Lipinski definition) is 0. The molecular formula is C8H6F3NO2. The van der Waals surface area contributed by atoms with Gasteiger partial charge in [0.2, 0.25) is 6.54 Å². The lowest BCUT2D eigenvalue weighted by Gasteiger charge is -2.01. The van der Waals surface area contributed by atoms with Crippen molar-refractivity contribution in [3.05, 3.63) is 45.3 Å². The Bertz CT molecular complexity index is 368. The summed E-state index contributed by atoms with van der Waals surface area (Å²) in [5.74, 6) is -4.25. The van der Waals surface area contributed by atoms with Gasteiger partial charge in [0.05, 0.1) is 0 Å². The zero-order valence-corrected chi connectivity index (χ0v) is 6.97. The van der Waals surface area contributed by atoms with Crippen LogP contribution in [0.15, 0.2) is 12.1 Å². The molecule has 1 aromatic carbocycles. The number of hydrogen-bond acceptors (Lipinski definition) is 2. The minimum absolute atomic E-state index is 0.194. The van der Waals surface area contributed by atoms with Gasteiger partial charge < -0.3 is 0 Å². The summed E-state index contributed by atoms with van der Waals surface area (Å²) in [5.41, 5.74) is -0.194. The molecule has 0 aliphatic heterocycles. The van der Waals surface area contributed by atoms with Crippen molar-refractivity contribution < 1.29 is 18.1 Å². The van der Waals surface area contributed by atoms with Crippen LogP contribution in [0.1, 0.15) is 5.56 Å². The second-order valence-electron chi connectivity index (χ2n) is 2.64. The first kappa shape index (κ1) is 10.5. The fourth-order valence-electron chi connectivity index (χ4n) is 0.971. The highest BCUT2D eigenvalue weighted by Gasteiger charge is 2.14. The lowest BCUT2D eigenvalue weighted by Crippen LogP contribution is -2.07. The van der Waals surface area contributed by atoms with Crippen molar-refractivity contribution in [1.29, 1.82) is 0 Å². The van der Waals surface area contributed by atoms with Gasteiger partial charge >= 0.3 is 0 Å². The summed E-state index contributed by atoms with van der Waals surface area (Å²) in [6.07, 6.45) is -0.254. The van der Waals surface area contributed by atoms with E-state index in [2.05, 4.69) is 0 Å². The number of nitro groups is 1. The first-order valence-electron chi connectivity index (χ1n) is 3.76. The molecule has 0 amide bonds. The Morgan fingerprint density at radius 3 is 2.43 bits per heavy atom. The van der Waals surface area contributed by atoms with Crippen LogP contribution in [-0.4, -0.2) is 11.5 Å². The van der Waals surface area contributed by atoms with Gasteiger partial charge in [-0.15, -0.1) is 0 Å². The van der Waals surface area contributed by atoms with Crippen LogP contribution >= 0.6 is 0 Å². The molecule has 0 spiro atoms. The lowest BCUT2D eigenvalue weighted by molar-refractivity contribution is -0.479. The highest BCUT2D eigenvalue weighted by Crippen LogP contribution is 2.15. The van der Waals surface area contributed by atoms with Crippen molar-refractivity contribution in [2.45, 2.75) is 6.42 Å². The average molecular weight is 205 g/mol. The summed E-state index contributed by atoms with van der Waals surface area (Å²) >= 11 is 0. The molecule has 0 heterocycles. The summed E-state index contributed by atoms with van der Waals surface area (Å²) in [5, 5.41) is 9.95. The summed E-state index contributed by atoms with van der Waals surface area (Å²) in [7, 11) is 0. The fourth-order valence-corrected chi connectivity index (χ4v) is 0.971. The third kappa shape index (κ3) is 2.21. The molecule has 1 aromatic rings. The van der Waals surface area contributed by atoms with Crippen LogP contribution in [0.5, 0.6) is 0 Å². The Hall–Kier alpha value is -1.59. The second kappa shape index (κ2) is 4.08. The van der Waals surface area contributed by atoms with Crippen molar-refractivity contribution in [1.82, 2.24) is 0 Å².